The Labute approximate surface area is 181 Å². The fourth-order valence-electron chi connectivity index (χ4n) is 0. The Bertz CT molecular complexity index is 37.5. The van der Waals surface area contributed by atoms with Crippen molar-refractivity contribution in [3.05, 3.63) is 0 Å². The van der Waals surface area contributed by atoms with E-state index in [4.69, 9.17) is 10.7 Å². The molecule has 0 aromatic rings. The second-order valence-electron chi connectivity index (χ2n) is 0.250. The van der Waals surface area contributed by atoms with Gasteiger partial charge in [-0.2, -0.15) is 0 Å². The topological polar surface area (TPSA) is 63.2 Å². The molecule has 0 saturated heterocycles. The van der Waals surface area contributed by atoms with Gasteiger partial charge < -0.3 is 4.70 Å². The third-order valence-electron chi connectivity index (χ3n) is 0. The molecule has 0 aromatic carbocycles. The average molecular weight is 232 g/mol. The van der Waals surface area contributed by atoms with Crippen molar-refractivity contribution in [2.45, 2.75) is 0 Å². The second-order valence-corrected chi connectivity index (χ2v) is 1.03. The molecular weight excluding hydrogens is 232 g/mol. The molecule has 0 aliphatic rings. The van der Waals surface area contributed by atoms with Crippen LogP contribution >= 0.6 is 0 Å². The summed E-state index contributed by atoms with van der Waals surface area (Å²) in [4.78, 5) is 0. The molecule has 3 nitrogen and oxygen atoms in total. The van der Waals surface area contributed by atoms with E-state index < -0.39 is 18.6 Å². The van der Waals surface area contributed by atoms with Gasteiger partial charge >= 0.3 is 183 Å². The van der Waals surface area contributed by atoms with E-state index in [1.165, 1.54) is 0 Å². The minimum absolute atomic E-state index is 0. The van der Waals surface area contributed by atoms with E-state index in [1.54, 1.807) is 0 Å². The summed E-state index contributed by atoms with van der Waals surface area (Å²) in [5, 5.41) is 0. The minimum atomic E-state index is -4.08. The Morgan fingerprint density at radius 3 is 1.00 bits per heavy atom. The van der Waals surface area contributed by atoms with Gasteiger partial charge in [-0.05, 0) is 0 Å². The first kappa shape index (κ1) is 29.2. The van der Waals surface area contributed by atoms with Gasteiger partial charge in [0.1, 0.15) is 0 Å². The predicted octanol–water partition coefficient (Wildman–Crippen LogP) is -14.5. The molecular formula is FK3O3Ti. The summed E-state index contributed by atoms with van der Waals surface area (Å²) in [6.45, 7) is 0. The van der Waals surface area contributed by atoms with E-state index in [2.05, 4.69) is 0 Å². The molecule has 0 heterocycles. The molecule has 8 heavy (non-hydrogen) atoms. The van der Waals surface area contributed by atoms with E-state index in [0.29, 0.717) is 0 Å². The molecule has 0 unspecified atom stereocenters. The Balaban J connectivity index is -0.00000000750. The predicted molar refractivity (Wildman–Crippen MR) is 0.686 cm³/mol. The van der Waals surface area contributed by atoms with Crippen molar-refractivity contribution in [3.63, 3.8) is 0 Å². The fourth-order valence-corrected chi connectivity index (χ4v) is 0. The van der Waals surface area contributed by atoms with Gasteiger partial charge in [0.2, 0.25) is 0 Å². The van der Waals surface area contributed by atoms with E-state index in [-0.39, 0.29) is 159 Å². The van der Waals surface area contributed by atoms with Crippen LogP contribution in [0.2, 0.25) is 0 Å². The van der Waals surface area contributed by atoms with Crippen LogP contribution in [0.15, 0.2) is 0 Å². The Morgan fingerprint density at radius 1 is 1.00 bits per heavy atom. The second kappa shape index (κ2) is 22.8. The van der Waals surface area contributed by atoms with Crippen LogP contribution in [0.5, 0.6) is 0 Å². The first-order chi connectivity index (χ1) is 1.73. The standard InChI is InChI=1S/FH.3K.3O.Ti/h1H;;;;;;;/q;3*+1;;2*-1;/p-1. The van der Waals surface area contributed by atoms with Gasteiger partial charge in [-0.3, -0.25) is 0 Å². The molecule has 0 aliphatic carbocycles. The zero-order valence-electron chi connectivity index (χ0n) is 5.10. The van der Waals surface area contributed by atoms with Crippen molar-refractivity contribution in [1.29, 1.82) is 0 Å². The summed E-state index contributed by atoms with van der Waals surface area (Å²) in [6, 6.07) is 0. The molecule has 0 amide bonds. The Kier molecular flexibility index (Phi) is 83.2. The normalized spacial score (nSPS) is 3.25. The molecule has 32 valence electrons. The maximum absolute atomic E-state index is 8.58. The van der Waals surface area contributed by atoms with Crippen LogP contribution in [0.1, 0.15) is 0 Å². The first-order valence-corrected chi connectivity index (χ1v) is 2.52. The van der Waals surface area contributed by atoms with Crippen molar-refractivity contribution in [3.8, 4) is 0 Å². The van der Waals surface area contributed by atoms with E-state index >= 15 is 0 Å². The van der Waals surface area contributed by atoms with Crippen LogP contribution in [-0.4, -0.2) is 0 Å². The van der Waals surface area contributed by atoms with Crippen molar-refractivity contribution in [2.24, 2.45) is 0 Å². The Hall–Kier alpha value is 5.27. The van der Waals surface area contributed by atoms with Gasteiger partial charge in [-0.1, -0.05) is 0 Å². The van der Waals surface area contributed by atoms with Crippen LogP contribution in [0, 0.1) is 0 Å². The van der Waals surface area contributed by atoms with Gasteiger partial charge in [-0.15, -0.1) is 0 Å². The summed E-state index contributed by atoms with van der Waals surface area (Å²) in [5.74, 6) is 0. The fraction of sp³-hybridized carbons (Fsp3) is 0. The van der Waals surface area contributed by atoms with Crippen molar-refractivity contribution < 1.29 is 188 Å². The zero-order chi connectivity index (χ0) is 3.58. The van der Waals surface area contributed by atoms with E-state index in [0.717, 1.165) is 0 Å². The molecule has 0 aromatic heterocycles. The Morgan fingerprint density at radius 2 is 1.00 bits per heavy atom. The summed E-state index contributed by atoms with van der Waals surface area (Å²) in [5.41, 5.74) is 0. The van der Waals surface area contributed by atoms with Crippen molar-refractivity contribution >= 4 is 0 Å². The van der Waals surface area contributed by atoms with Crippen LogP contribution in [-0.2, 0) is 21.9 Å². The van der Waals surface area contributed by atoms with Gasteiger partial charge in [0.15, 0.2) is 0 Å². The van der Waals surface area contributed by atoms with E-state index in [9.17, 15) is 0 Å². The van der Waals surface area contributed by atoms with Crippen LogP contribution in [0.3, 0.4) is 0 Å². The molecule has 0 fully saturated rings. The summed E-state index contributed by atoms with van der Waals surface area (Å²) in [7, 11) is 0. The first-order valence-electron chi connectivity index (χ1n) is 0.612. The number of hydrogen-bond donors (Lipinski definition) is 0. The third kappa shape index (κ3) is 42.8. The zero-order valence-corrected chi connectivity index (χ0v) is 16.0. The van der Waals surface area contributed by atoms with Gasteiger partial charge in [0, 0.05) is 0 Å². The maximum atomic E-state index is 8.58. The van der Waals surface area contributed by atoms with Crippen molar-refractivity contribution in [1.82, 2.24) is 0 Å². The monoisotopic (exact) mass is 232 g/mol. The number of hydrogen-bond acceptors (Lipinski definition) is 3. The molecule has 0 atom stereocenters. The molecule has 0 radical (unpaired) electrons. The van der Waals surface area contributed by atoms with Crippen LogP contribution < -0.4 is 166 Å². The third-order valence-corrected chi connectivity index (χ3v) is 0. The van der Waals surface area contributed by atoms with Crippen molar-refractivity contribution in [2.75, 3.05) is 0 Å². The summed E-state index contributed by atoms with van der Waals surface area (Å²) < 4.78 is 25.8. The molecule has 0 bridgehead atoms. The molecule has 0 aliphatic heterocycles. The SMILES string of the molecule is [F-].[K+].[K+].[K+].[O]=[Ti]([O-])[O-]. The van der Waals surface area contributed by atoms with Gasteiger partial charge in [-0.25, -0.2) is 0 Å². The summed E-state index contributed by atoms with van der Waals surface area (Å²) >= 11 is -4.08. The quantitative estimate of drug-likeness (QED) is 0.390. The number of halogens is 1. The summed E-state index contributed by atoms with van der Waals surface area (Å²) in [6.07, 6.45) is 0. The van der Waals surface area contributed by atoms with Gasteiger partial charge in [0.05, 0.1) is 0 Å². The number of rotatable bonds is 0. The van der Waals surface area contributed by atoms with Crippen LogP contribution in [0.25, 0.3) is 0 Å². The molecule has 0 N–H and O–H groups in total. The van der Waals surface area contributed by atoms with Gasteiger partial charge in [0.25, 0.3) is 0 Å². The molecule has 0 spiro atoms. The molecule has 8 heteroatoms. The van der Waals surface area contributed by atoms with Crippen LogP contribution in [0.4, 0.5) is 0 Å². The molecule has 0 saturated carbocycles. The average Bonchev–Trinajstić information content (AvgIpc) is 0.811. The van der Waals surface area contributed by atoms with E-state index in [1.807, 2.05) is 0 Å². The molecule has 0 rings (SSSR count).